The second-order valence-electron chi connectivity index (χ2n) is 6.91. The van der Waals surface area contributed by atoms with E-state index >= 15 is 0 Å². The summed E-state index contributed by atoms with van der Waals surface area (Å²) in [5.74, 6) is -1.37. The van der Waals surface area contributed by atoms with Gasteiger partial charge in [-0.15, -0.1) is 10.2 Å². The molecule has 0 bridgehead atoms. The average Bonchev–Trinajstić information content (AvgIpc) is 3.19. The first-order valence-corrected chi connectivity index (χ1v) is 11.4. The number of carbonyl (C=O) groups excluding carboxylic acids is 3. The van der Waals surface area contributed by atoms with Crippen molar-refractivity contribution in [3.63, 3.8) is 0 Å². The first kappa shape index (κ1) is 24.3. The summed E-state index contributed by atoms with van der Waals surface area (Å²) in [5, 5.41) is 25.8. The number of nitrogens with one attached hydrogen (secondary N) is 2. The molecule has 2 aromatic carbocycles. The van der Waals surface area contributed by atoms with Gasteiger partial charge < -0.3 is 25.1 Å². The largest absolute Gasteiger partial charge is 0.545 e. The Bertz CT molecular complexity index is 1200. The van der Waals surface area contributed by atoms with Gasteiger partial charge in [-0.25, -0.2) is 0 Å². The van der Waals surface area contributed by atoms with Crippen molar-refractivity contribution in [2.75, 3.05) is 11.1 Å². The predicted molar refractivity (Wildman–Crippen MR) is 123 cm³/mol. The lowest BCUT2D eigenvalue weighted by Gasteiger charge is -2.13. The SMILES string of the molecule is CCn1c(CNC(=O)c2ccccc2Cl)nnc1SCC(=O)Nc1cccc(C(=O)[O-])c1C. The van der Waals surface area contributed by atoms with E-state index in [0.717, 1.165) is 0 Å². The van der Waals surface area contributed by atoms with Crippen molar-refractivity contribution >= 4 is 46.8 Å². The molecule has 0 unspecified atom stereocenters. The molecule has 0 saturated heterocycles. The number of carboxylic acids is 1. The number of carbonyl (C=O) groups is 3. The third-order valence-electron chi connectivity index (χ3n) is 4.80. The molecule has 2 amide bonds. The van der Waals surface area contributed by atoms with Gasteiger partial charge in [-0.05, 0) is 37.6 Å². The number of aromatic nitrogens is 3. The van der Waals surface area contributed by atoms with Crippen molar-refractivity contribution in [3.8, 4) is 0 Å². The van der Waals surface area contributed by atoms with Gasteiger partial charge in [0, 0.05) is 17.8 Å². The average molecular weight is 487 g/mol. The van der Waals surface area contributed by atoms with Crippen LogP contribution in [-0.2, 0) is 17.9 Å². The van der Waals surface area contributed by atoms with Gasteiger partial charge in [-0.1, -0.05) is 47.6 Å². The van der Waals surface area contributed by atoms with E-state index in [1.165, 1.54) is 23.9 Å². The Morgan fingerprint density at radius 1 is 1.09 bits per heavy atom. The first-order valence-electron chi connectivity index (χ1n) is 10.00. The summed E-state index contributed by atoms with van der Waals surface area (Å²) in [4.78, 5) is 35.9. The highest BCUT2D eigenvalue weighted by atomic mass is 35.5. The predicted octanol–water partition coefficient (Wildman–Crippen LogP) is 2.28. The number of halogens is 1. The van der Waals surface area contributed by atoms with E-state index in [1.807, 2.05) is 6.92 Å². The Morgan fingerprint density at radius 2 is 1.82 bits per heavy atom. The van der Waals surface area contributed by atoms with Gasteiger partial charge in [-0.3, -0.25) is 9.59 Å². The lowest BCUT2D eigenvalue weighted by atomic mass is 10.1. The molecule has 0 spiro atoms. The third-order valence-corrected chi connectivity index (χ3v) is 6.09. The molecule has 0 radical (unpaired) electrons. The summed E-state index contributed by atoms with van der Waals surface area (Å²) in [6, 6.07) is 11.3. The number of rotatable bonds is 9. The minimum atomic E-state index is -1.30. The van der Waals surface area contributed by atoms with Gasteiger partial charge in [-0.2, -0.15) is 0 Å². The summed E-state index contributed by atoms with van der Waals surface area (Å²) < 4.78 is 1.80. The van der Waals surface area contributed by atoms with Gasteiger partial charge in [0.1, 0.15) is 0 Å². The van der Waals surface area contributed by atoms with Crippen molar-refractivity contribution in [1.29, 1.82) is 0 Å². The second kappa shape index (κ2) is 11.0. The quantitative estimate of drug-likeness (QED) is 0.444. The smallest absolute Gasteiger partial charge is 0.253 e. The highest BCUT2D eigenvalue weighted by molar-refractivity contribution is 7.99. The standard InChI is InChI=1S/C22H22ClN5O4S/c1-3-28-18(11-24-20(30)15-7-4-5-9-16(15)23)26-27-22(28)33-12-19(29)25-17-10-6-8-14(13(17)2)21(31)32/h4-10H,3,11-12H2,1-2H3,(H,24,30)(H,25,29)(H,31,32)/p-1. The molecular formula is C22H21ClN5O4S-. The zero-order valence-corrected chi connectivity index (χ0v) is 19.5. The molecule has 0 saturated carbocycles. The summed E-state index contributed by atoms with van der Waals surface area (Å²) >= 11 is 7.24. The summed E-state index contributed by atoms with van der Waals surface area (Å²) in [7, 11) is 0. The van der Waals surface area contributed by atoms with Crippen molar-refractivity contribution in [2.45, 2.75) is 32.1 Å². The van der Waals surface area contributed by atoms with Gasteiger partial charge in [0.25, 0.3) is 5.91 Å². The van der Waals surface area contributed by atoms with Crippen LogP contribution in [0.4, 0.5) is 5.69 Å². The number of thioether (sulfide) groups is 1. The first-order chi connectivity index (χ1) is 15.8. The molecule has 0 atom stereocenters. The maximum atomic E-state index is 12.4. The zero-order chi connectivity index (χ0) is 24.0. The number of carboxylic acid groups (broad SMARTS) is 1. The molecule has 2 N–H and O–H groups in total. The number of anilines is 1. The number of hydrogen-bond donors (Lipinski definition) is 2. The Kier molecular flexibility index (Phi) is 8.07. The van der Waals surface area contributed by atoms with Crippen molar-refractivity contribution in [3.05, 3.63) is 70.0 Å². The normalized spacial score (nSPS) is 10.6. The van der Waals surface area contributed by atoms with Crippen LogP contribution < -0.4 is 15.7 Å². The molecule has 33 heavy (non-hydrogen) atoms. The van der Waals surface area contributed by atoms with Crippen LogP contribution in [0, 0.1) is 6.92 Å². The molecule has 0 aliphatic heterocycles. The highest BCUT2D eigenvalue weighted by Gasteiger charge is 2.16. The molecule has 11 heteroatoms. The molecule has 0 aliphatic carbocycles. The molecule has 3 rings (SSSR count). The zero-order valence-electron chi connectivity index (χ0n) is 17.9. The Balaban J connectivity index is 1.61. The van der Waals surface area contributed by atoms with Crippen molar-refractivity contribution < 1.29 is 19.5 Å². The molecule has 0 aliphatic rings. The van der Waals surface area contributed by atoms with E-state index in [1.54, 1.807) is 41.8 Å². The maximum Gasteiger partial charge on any atom is 0.253 e. The molecule has 9 nitrogen and oxygen atoms in total. The van der Waals surface area contributed by atoms with E-state index in [-0.39, 0.29) is 29.7 Å². The number of nitrogens with zero attached hydrogens (tertiary/aromatic N) is 3. The van der Waals surface area contributed by atoms with E-state index in [9.17, 15) is 19.5 Å². The number of aromatic carboxylic acids is 1. The lowest BCUT2D eigenvalue weighted by Crippen LogP contribution is -2.25. The van der Waals surface area contributed by atoms with E-state index in [2.05, 4.69) is 20.8 Å². The molecule has 1 aromatic heterocycles. The minimum absolute atomic E-state index is 0.0228. The van der Waals surface area contributed by atoms with Crippen LogP contribution in [-0.4, -0.2) is 38.3 Å². The Labute approximate surface area is 199 Å². The van der Waals surface area contributed by atoms with Crippen LogP contribution in [0.2, 0.25) is 5.02 Å². The topological polar surface area (TPSA) is 129 Å². The Hall–Kier alpha value is -3.37. The van der Waals surface area contributed by atoms with Gasteiger partial charge in [0.05, 0.1) is 28.9 Å². The fourth-order valence-electron chi connectivity index (χ4n) is 3.08. The number of amides is 2. The van der Waals surface area contributed by atoms with Crippen LogP contribution >= 0.6 is 23.4 Å². The monoisotopic (exact) mass is 486 g/mol. The molecule has 3 aromatic rings. The van der Waals surface area contributed by atoms with Crippen LogP contribution in [0.15, 0.2) is 47.6 Å². The molecule has 0 fully saturated rings. The minimum Gasteiger partial charge on any atom is -0.545 e. The second-order valence-corrected chi connectivity index (χ2v) is 8.26. The lowest BCUT2D eigenvalue weighted by molar-refractivity contribution is -0.255. The maximum absolute atomic E-state index is 12.4. The van der Waals surface area contributed by atoms with Crippen molar-refractivity contribution in [2.24, 2.45) is 0 Å². The van der Waals surface area contributed by atoms with Crippen LogP contribution in [0.1, 0.15) is 39.0 Å². The molecule has 1 heterocycles. The molecule has 172 valence electrons. The highest BCUT2D eigenvalue weighted by Crippen LogP contribution is 2.21. The third kappa shape index (κ3) is 5.91. The number of benzene rings is 2. The van der Waals surface area contributed by atoms with E-state index in [4.69, 9.17) is 11.6 Å². The Morgan fingerprint density at radius 3 is 2.52 bits per heavy atom. The van der Waals surface area contributed by atoms with Gasteiger partial charge >= 0.3 is 0 Å². The van der Waals surface area contributed by atoms with Crippen LogP contribution in [0.5, 0.6) is 0 Å². The fraction of sp³-hybridized carbons (Fsp3) is 0.227. The van der Waals surface area contributed by atoms with E-state index < -0.39 is 5.97 Å². The van der Waals surface area contributed by atoms with Crippen LogP contribution in [0.3, 0.4) is 0 Å². The van der Waals surface area contributed by atoms with Gasteiger partial charge in [0.2, 0.25) is 5.91 Å². The van der Waals surface area contributed by atoms with Crippen LogP contribution in [0.25, 0.3) is 0 Å². The number of hydrogen-bond acceptors (Lipinski definition) is 7. The summed E-state index contributed by atoms with van der Waals surface area (Å²) in [6.45, 7) is 4.19. The summed E-state index contributed by atoms with van der Waals surface area (Å²) in [5.41, 5.74) is 1.21. The fourth-order valence-corrected chi connectivity index (χ4v) is 4.13. The van der Waals surface area contributed by atoms with E-state index in [0.29, 0.717) is 39.4 Å². The molecular weight excluding hydrogens is 466 g/mol. The van der Waals surface area contributed by atoms with Crippen molar-refractivity contribution in [1.82, 2.24) is 20.1 Å². The summed E-state index contributed by atoms with van der Waals surface area (Å²) in [6.07, 6.45) is 0. The van der Waals surface area contributed by atoms with Gasteiger partial charge in [0.15, 0.2) is 11.0 Å².